The molecule has 3 saturated heterocycles. The van der Waals surface area contributed by atoms with Crippen molar-refractivity contribution in [1.82, 2.24) is 0 Å². The summed E-state index contributed by atoms with van der Waals surface area (Å²) in [6, 6.07) is 0. The van der Waals surface area contributed by atoms with Crippen LogP contribution in [0.3, 0.4) is 0 Å². The summed E-state index contributed by atoms with van der Waals surface area (Å²) in [5.74, 6) is -2.44. The topological polar surface area (TPSA) is 65.0 Å². The fraction of sp³-hybridized carbons (Fsp3) is 0.933. The number of esters is 1. The first-order valence-electron chi connectivity index (χ1n) is 7.83. The minimum absolute atomic E-state index is 0.209. The lowest BCUT2D eigenvalue weighted by Crippen LogP contribution is -2.47. The van der Waals surface area contributed by atoms with E-state index in [1.807, 2.05) is 0 Å². The van der Waals surface area contributed by atoms with Crippen molar-refractivity contribution < 1.29 is 24.1 Å². The smallest absolute Gasteiger partial charge is 0.317 e. The van der Waals surface area contributed by atoms with E-state index in [1.54, 1.807) is 0 Å². The molecule has 1 spiro atoms. The second kappa shape index (κ2) is 5.28. The van der Waals surface area contributed by atoms with E-state index in [-0.39, 0.29) is 18.7 Å². The molecular formula is C15H24O5. The molecule has 0 saturated carbocycles. The summed E-state index contributed by atoms with van der Waals surface area (Å²) in [6.07, 6.45) is 6.48. The standard InChI is InChI=1S/C15H24O5/c1-2-3-4-5-6-8-15(17)12-13(16)18-10-14(12)11(20-15)7-9-19-14/h11-12,17H,2-10H2,1H3/t11-,12-,14+,15+/m0/s1. The molecule has 3 rings (SSSR count). The van der Waals surface area contributed by atoms with E-state index < -0.39 is 17.3 Å². The second-order valence-electron chi connectivity index (χ2n) is 6.25. The van der Waals surface area contributed by atoms with Crippen molar-refractivity contribution >= 4 is 5.97 Å². The molecule has 3 heterocycles. The Morgan fingerprint density at radius 1 is 1.30 bits per heavy atom. The molecule has 0 bridgehead atoms. The quantitative estimate of drug-likeness (QED) is 0.595. The molecule has 0 aromatic heterocycles. The van der Waals surface area contributed by atoms with Gasteiger partial charge in [0.1, 0.15) is 18.1 Å². The van der Waals surface area contributed by atoms with Crippen LogP contribution in [0.15, 0.2) is 0 Å². The first-order valence-corrected chi connectivity index (χ1v) is 7.83. The number of aliphatic hydroxyl groups is 1. The molecule has 5 nitrogen and oxygen atoms in total. The summed E-state index contributed by atoms with van der Waals surface area (Å²) in [7, 11) is 0. The van der Waals surface area contributed by atoms with Gasteiger partial charge < -0.3 is 19.3 Å². The number of rotatable bonds is 6. The summed E-state index contributed by atoms with van der Waals surface area (Å²) in [6.45, 7) is 2.97. The summed E-state index contributed by atoms with van der Waals surface area (Å²) in [5.41, 5.74) is -0.727. The van der Waals surface area contributed by atoms with Crippen LogP contribution in [0, 0.1) is 5.92 Å². The lowest BCUT2D eigenvalue weighted by atomic mass is 9.82. The second-order valence-corrected chi connectivity index (χ2v) is 6.25. The van der Waals surface area contributed by atoms with E-state index in [4.69, 9.17) is 14.2 Å². The summed E-state index contributed by atoms with van der Waals surface area (Å²) >= 11 is 0. The highest BCUT2D eigenvalue weighted by Crippen LogP contribution is 2.54. The van der Waals surface area contributed by atoms with Crippen LogP contribution in [0.25, 0.3) is 0 Å². The fourth-order valence-corrected chi connectivity index (χ4v) is 3.87. The Bertz CT molecular complexity index is 384. The van der Waals surface area contributed by atoms with Gasteiger partial charge in [-0.3, -0.25) is 4.79 Å². The van der Waals surface area contributed by atoms with Crippen LogP contribution in [0.5, 0.6) is 0 Å². The number of carbonyl (C=O) groups excluding carboxylic acids is 1. The number of hydrogen-bond donors (Lipinski definition) is 1. The van der Waals surface area contributed by atoms with Crippen molar-refractivity contribution in [1.29, 1.82) is 0 Å². The maximum atomic E-state index is 12.0. The number of cyclic esters (lactones) is 1. The monoisotopic (exact) mass is 284 g/mol. The van der Waals surface area contributed by atoms with Gasteiger partial charge in [0.05, 0.1) is 12.7 Å². The average Bonchev–Trinajstić information content (AvgIpc) is 3.01. The molecule has 0 aromatic rings. The van der Waals surface area contributed by atoms with E-state index in [0.29, 0.717) is 13.0 Å². The normalized spacial score (nSPS) is 42.6. The minimum atomic E-state index is -1.40. The number of unbranched alkanes of at least 4 members (excludes halogenated alkanes) is 4. The molecule has 20 heavy (non-hydrogen) atoms. The Morgan fingerprint density at radius 2 is 2.10 bits per heavy atom. The lowest BCUT2D eigenvalue weighted by molar-refractivity contribution is -0.222. The Kier molecular flexibility index (Phi) is 3.77. The molecule has 3 fully saturated rings. The van der Waals surface area contributed by atoms with Gasteiger partial charge in [-0.25, -0.2) is 0 Å². The maximum Gasteiger partial charge on any atom is 0.317 e. The van der Waals surface area contributed by atoms with Crippen molar-refractivity contribution in [2.24, 2.45) is 5.92 Å². The van der Waals surface area contributed by atoms with Gasteiger partial charge in [0.25, 0.3) is 0 Å². The molecule has 0 unspecified atom stereocenters. The van der Waals surface area contributed by atoms with Crippen LogP contribution < -0.4 is 0 Å². The predicted octanol–water partition coefficient (Wildman–Crippen LogP) is 1.77. The van der Waals surface area contributed by atoms with E-state index in [2.05, 4.69) is 6.92 Å². The van der Waals surface area contributed by atoms with Crippen molar-refractivity contribution in [3.8, 4) is 0 Å². The highest BCUT2D eigenvalue weighted by atomic mass is 16.7. The molecule has 3 aliphatic rings. The largest absolute Gasteiger partial charge is 0.462 e. The summed E-state index contributed by atoms with van der Waals surface area (Å²) in [5, 5.41) is 10.8. The van der Waals surface area contributed by atoms with Gasteiger partial charge in [0.2, 0.25) is 0 Å². The number of hydrogen-bond acceptors (Lipinski definition) is 5. The molecule has 0 aromatic carbocycles. The van der Waals surface area contributed by atoms with Gasteiger partial charge in [-0.1, -0.05) is 32.6 Å². The first kappa shape index (κ1) is 14.3. The van der Waals surface area contributed by atoms with Crippen LogP contribution in [0.2, 0.25) is 0 Å². The molecule has 3 aliphatic heterocycles. The number of ether oxygens (including phenoxy) is 3. The number of carbonyl (C=O) groups is 1. The van der Waals surface area contributed by atoms with Gasteiger partial charge in [-0.2, -0.15) is 0 Å². The van der Waals surface area contributed by atoms with Crippen molar-refractivity contribution in [3.05, 3.63) is 0 Å². The Labute approximate surface area is 119 Å². The van der Waals surface area contributed by atoms with Crippen LogP contribution >= 0.6 is 0 Å². The summed E-state index contributed by atoms with van der Waals surface area (Å²) in [4.78, 5) is 12.0. The van der Waals surface area contributed by atoms with Gasteiger partial charge in [0.15, 0.2) is 5.79 Å². The predicted molar refractivity (Wildman–Crippen MR) is 70.9 cm³/mol. The van der Waals surface area contributed by atoms with Crippen molar-refractivity contribution in [3.63, 3.8) is 0 Å². The van der Waals surface area contributed by atoms with E-state index >= 15 is 0 Å². The third-order valence-corrected chi connectivity index (χ3v) is 4.90. The SMILES string of the molecule is CCCCCCC[C@@]1(O)O[C@H]2CCO[C@]23COC(=O)[C@@H]31. The van der Waals surface area contributed by atoms with E-state index in [1.165, 1.54) is 12.8 Å². The Balaban J connectivity index is 1.66. The van der Waals surface area contributed by atoms with Crippen LogP contribution in [-0.4, -0.2) is 41.8 Å². The third kappa shape index (κ3) is 2.07. The van der Waals surface area contributed by atoms with Gasteiger partial charge in [0, 0.05) is 12.8 Å². The fourth-order valence-electron chi connectivity index (χ4n) is 3.87. The first-order chi connectivity index (χ1) is 9.62. The molecule has 0 radical (unpaired) electrons. The zero-order valence-corrected chi connectivity index (χ0v) is 12.1. The lowest BCUT2D eigenvalue weighted by Gasteiger charge is -2.28. The van der Waals surface area contributed by atoms with Gasteiger partial charge >= 0.3 is 5.97 Å². The average molecular weight is 284 g/mol. The van der Waals surface area contributed by atoms with E-state index in [0.717, 1.165) is 25.7 Å². The third-order valence-electron chi connectivity index (χ3n) is 4.90. The molecule has 1 N–H and O–H groups in total. The maximum absolute atomic E-state index is 12.0. The molecule has 0 aliphatic carbocycles. The molecule has 114 valence electrons. The Morgan fingerprint density at radius 3 is 2.90 bits per heavy atom. The van der Waals surface area contributed by atoms with Crippen LogP contribution in [0.1, 0.15) is 51.9 Å². The minimum Gasteiger partial charge on any atom is -0.462 e. The van der Waals surface area contributed by atoms with Crippen LogP contribution in [-0.2, 0) is 19.0 Å². The zero-order chi connectivity index (χ0) is 14.2. The zero-order valence-electron chi connectivity index (χ0n) is 12.1. The van der Waals surface area contributed by atoms with Gasteiger partial charge in [-0.15, -0.1) is 0 Å². The van der Waals surface area contributed by atoms with Crippen molar-refractivity contribution in [2.75, 3.05) is 13.2 Å². The van der Waals surface area contributed by atoms with Gasteiger partial charge in [-0.05, 0) is 6.42 Å². The highest BCUT2D eigenvalue weighted by molar-refractivity contribution is 5.78. The molecule has 5 heteroatoms. The summed E-state index contributed by atoms with van der Waals surface area (Å²) < 4.78 is 16.8. The highest BCUT2D eigenvalue weighted by Gasteiger charge is 2.72. The van der Waals surface area contributed by atoms with E-state index in [9.17, 15) is 9.90 Å². The van der Waals surface area contributed by atoms with Crippen LogP contribution in [0.4, 0.5) is 0 Å². The van der Waals surface area contributed by atoms with Crippen molar-refractivity contribution in [2.45, 2.75) is 69.4 Å². The molecular weight excluding hydrogens is 260 g/mol. The molecule has 4 atom stereocenters. The Hall–Kier alpha value is -0.650. The molecule has 0 amide bonds.